The van der Waals surface area contributed by atoms with Crippen LogP contribution in [0.4, 0.5) is 11.6 Å². The Morgan fingerprint density at radius 3 is 2.77 bits per heavy atom. The standard InChI is InChI=1S/C23H31N5O2/c1-23(2)15-28(11-10-25-23)21-14-17(22(29)30)12-19(27-21)16-8-9-24-20(13-16)26-18-6-4-3-5-7-18/h8-9,12-14,18,25H,3-7,10-11,15H2,1-2H3,(H,24,26)(H,29,30). The van der Waals surface area contributed by atoms with Gasteiger partial charge in [0.2, 0.25) is 0 Å². The number of piperazine rings is 1. The number of aromatic nitrogens is 2. The molecule has 2 aromatic heterocycles. The molecule has 0 atom stereocenters. The van der Waals surface area contributed by atoms with Gasteiger partial charge in [0.25, 0.3) is 0 Å². The molecule has 0 amide bonds. The van der Waals surface area contributed by atoms with Crippen molar-refractivity contribution in [3.8, 4) is 11.3 Å². The molecule has 0 spiro atoms. The molecule has 0 radical (unpaired) electrons. The Morgan fingerprint density at radius 1 is 1.23 bits per heavy atom. The zero-order valence-electron chi connectivity index (χ0n) is 17.8. The molecule has 2 fully saturated rings. The molecule has 3 N–H and O–H groups in total. The summed E-state index contributed by atoms with van der Waals surface area (Å²) in [5.74, 6) is 0.591. The Kier molecular flexibility index (Phi) is 5.90. The zero-order chi connectivity index (χ0) is 21.1. The number of anilines is 2. The summed E-state index contributed by atoms with van der Waals surface area (Å²) >= 11 is 0. The number of carboxylic acids is 1. The molecule has 1 saturated heterocycles. The first-order chi connectivity index (χ1) is 14.4. The molecule has 0 aromatic carbocycles. The van der Waals surface area contributed by atoms with Crippen LogP contribution in [0.15, 0.2) is 30.5 Å². The molecule has 0 bridgehead atoms. The topological polar surface area (TPSA) is 90.4 Å². The fourth-order valence-electron chi connectivity index (χ4n) is 4.41. The number of carbonyl (C=O) groups is 1. The smallest absolute Gasteiger partial charge is 0.335 e. The predicted octanol–water partition coefficient (Wildman–Crippen LogP) is 3.77. The summed E-state index contributed by atoms with van der Waals surface area (Å²) in [6.45, 7) is 6.70. The molecular formula is C23H31N5O2. The SMILES string of the molecule is CC1(C)CN(c2cc(C(=O)O)cc(-c3ccnc(NC4CCCCC4)c3)n2)CCN1. The minimum absolute atomic E-state index is 0.0485. The van der Waals surface area contributed by atoms with E-state index in [1.807, 2.05) is 12.1 Å². The fraction of sp³-hybridized carbons (Fsp3) is 0.522. The number of nitrogens with one attached hydrogen (secondary N) is 2. The van der Waals surface area contributed by atoms with E-state index < -0.39 is 5.97 Å². The van der Waals surface area contributed by atoms with Gasteiger partial charge in [-0.1, -0.05) is 19.3 Å². The molecular weight excluding hydrogens is 378 g/mol. The van der Waals surface area contributed by atoms with Gasteiger partial charge in [-0.2, -0.15) is 0 Å². The lowest BCUT2D eigenvalue weighted by Crippen LogP contribution is -2.57. The minimum atomic E-state index is -0.941. The van der Waals surface area contributed by atoms with Gasteiger partial charge in [-0.05, 0) is 51.0 Å². The monoisotopic (exact) mass is 409 g/mol. The Labute approximate surface area is 177 Å². The first-order valence-electron chi connectivity index (χ1n) is 10.9. The summed E-state index contributed by atoms with van der Waals surface area (Å²) in [7, 11) is 0. The van der Waals surface area contributed by atoms with Gasteiger partial charge in [0, 0.05) is 43.0 Å². The number of carboxylic acid groups (broad SMARTS) is 1. The number of nitrogens with zero attached hydrogens (tertiary/aromatic N) is 3. The number of pyridine rings is 2. The molecule has 1 aliphatic carbocycles. The van der Waals surface area contributed by atoms with Crippen LogP contribution in [-0.2, 0) is 0 Å². The van der Waals surface area contributed by atoms with Crippen LogP contribution in [-0.4, -0.2) is 52.3 Å². The zero-order valence-corrected chi connectivity index (χ0v) is 17.8. The van der Waals surface area contributed by atoms with Gasteiger partial charge in [0.05, 0.1) is 11.3 Å². The lowest BCUT2D eigenvalue weighted by Gasteiger charge is -2.40. The van der Waals surface area contributed by atoms with Crippen molar-refractivity contribution >= 4 is 17.6 Å². The second kappa shape index (κ2) is 8.60. The van der Waals surface area contributed by atoms with Crippen molar-refractivity contribution < 1.29 is 9.90 Å². The van der Waals surface area contributed by atoms with Crippen LogP contribution >= 0.6 is 0 Å². The summed E-state index contributed by atoms with van der Waals surface area (Å²) in [6, 6.07) is 7.66. The molecule has 7 heteroatoms. The number of hydrogen-bond acceptors (Lipinski definition) is 6. The Bertz CT molecular complexity index is 908. The van der Waals surface area contributed by atoms with Gasteiger partial charge in [-0.25, -0.2) is 14.8 Å². The average Bonchev–Trinajstić information content (AvgIpc) is 2.73. The van der Waals surface area contributed by atoms with Gasteiger partial charge < -0.3 is 20.6 Å². The Balaban J connectivity index is 1.64. The molecule has 7 nitrogen and oxygen atoms in total. The first-order valence-corrected chi connectivity index (χ1v) is 10.9. The van der Waals surface area contributed by atoms with E-state index in [1.165, 1.54) is 32.1 Å². The molecule has 160 valence electrons. The molecule has 30 heavy (non-hydrogen) atoms. The molecule has 3 heterocycles. The molecule has 4 rings (SSSR count). The third-order valence-corrected chi connectivity index (χ3v) is 5.97. The van der Waals surface area contributed by atoms with Gasteiger partial charge in [0.1, 0.15) is 11.6 Å². The number of aromatic carboxylic acids is 1. The Hall–Kier alpha value is -2.67. The second-order valence-corrected chi connectivity index (χ2v) is 9.05. The molecule has 2 aliphatic rings. The Morgan fingerprint density at radius 2 is 2.03 bits per heavy atom. The van der Waals surface area contributed by atoms with Gasteiger partial charge in [-0.3, -0.25) is 0 Å². The van der Waals surface area contributed by atoms with Crippen LogP contribution in [0.5, 0.6) is 0 Å². The highest BCUT2D eigenvalue weighted by molar-refractivity contribution is 5.90. The highest BCUT2D eigenvalue weighted by Crippen LogP contribution is 2.27. The van der Waals surface area contributed by atoms with Crippen molar-refractivity contribution in [3.63, 3.8) is 0 Å². The maximum Gasteiger partial charge on any atom is 0.335 e. The minimum Gasteiger partial charge on any atom is -0.478 e. The summed E-state index contributed by atoms with van der Waals surface area (Å²) in [5.41, 5.74) is 1.75. The van der Waals surface area contributed by atoms with Crippen LogP contribution < -0.4 is 15.5 Å². The van der Waals surface area contributed by atoms with Crippen LogP contribution in [0.1, 0.15) is 56.3 Å². The number of rotatable bonds is 5. The van der Waals surface area contributed by atoms with E-state index in [1.54, 1.807) is 18.3 Å². The van der Waals surface area contributed by atoms with Crippen molar-refractivity contribution in [3.05, 3.63) is 36.0 Å². The quantitative estimate of drug-likeness (QED) is 0.692. The van der Waals surface area contributed by atoms with E-state index in [0.717, 1.165) is 31.0 Å². The van der Waals surface area contributed by atoms with Gasteiger partial charge in [0.15, 0.2) is 0 Å². The van der Waals surface area contributed by atoms with E-state index in [0.29, 0.717) is 17.6 Å². The second-order valence-electron chi connectivity index (χ2n) is 9.05. The summed E-state index contributed by atoms with van der Waals surface area (Å²) in [6.07, 6.45) is 7.92. The van der Waals surface area contributed by atoms with Crippen LogP contribution in [0.2, 0.25) is 0 Å². The first kappa shape index (κ1) is 20.6. The van der Waals surface area contributed by atoms with Crippen molar-refractivity contribution in [1.82, 2.24) is 15.3 Å². The average molecular weight is 410 g/mol. The number of hydrogen-bond donors (Lipinski definition) is 3. The van der Waals surface area contributed by atoms with Gasteiger partial charge in [-0.15, -0.1) is 0 Å². The third-order valence-electron chi connectivity index (χ3n) is 5.97. The van der Waals surface area contributed by atoms with Crippen LogP contribution in [0.25, 0.3) is 11.3 Å². The van der Waals surface area contributed by atoms with E-state index in [2.05, 4.69) is 34.4 Å². The molecule has 0 unspecified atom stereocenters. The van der Waals surface area contributed by atoms with E-state index in [-0.39, 0.29) is 11.1 Å². The van der Waals surface area contributed by atoms with Crippen molar-refractivity contribution in [1.29, 1.82) is 0 Å². The molecule has 1 saturated carbocycles. The maximum absolute atomic E-state index is 11.8. The summed E-state index contributed by atoms with van der Waals surface area (Å²) in [4.78, 5) is 23.3. The van der Waals surface area contributed by atoms with Crippen molar-refractivity contribution in [2.45, 2.75) is 57.5 Å². The lowest BCUT2D eigenvalue weighted by molar-refractivity contribution is 0.0697. The van der Waals surface area contributed by atoms with Gasteiger partial charge >= 0.3 is 5.97 Å². The maximum atomic E-state index is 11.8. The highest BCUT2D eigenvalue weighted by Gasteiger charge is 2.27. The lowest BCUT2D eigenvalue weighted by atomic mass is 9.95. The summed E-state index contributed by atoms with van der Waals surface area (Å²) < 4.78 is 0. The largest absolute Gasteiger partial charge is 0.478 e. The molecule has 1 aliphatic heterocycles. The van der Waals surface area contributed by atoms with Crippen LogP contribution in [0.3, 0.4) is 0 Å². The van der Waals surface area contributed by atoms with E-state index in [4.69, 9.17) is 4.98 Å². The fourth-order valence-corrected chi connectivity index (χ4v) is 4.41. The normalized spacial score (nSPS) is 19.5. The van der Waals surface area contributed by atoms with Crippen LogP contribution in [0, 0.1) is 0 Å². The van der Waals surface area contributed by atoms with Crippen molar-refractivity contribution in [2.24, 2.45) is 0 Å². The van der Waals surface area contributed by atoms with E-state index in [9.17, 15) is 9.90 Å². The van der Waals surface area contributed by atoms with E-state index >= 15 is 0 Å². The summed E-state index contributed by atoms with van der Waals surface area (Å²) in [5, 5.41) is 16.7. The highest BCUT2D eigenvalue weighted by atomic mass is 16.4. The predicted molar refractivity (Wildman–Crippen MR) is 119 cm³/mol. The van der Waals surface area contributed by atoms with Crippen molar-refractivity contribution in [2.75, 3.05) is 29.9 Å². The molecule has 2 aromatic rings. The third kappa shape index (κ3) is 4.90.